The van der Waals surface area contributed by atoms with Crippen LogP contribution in [0.25, 0.3) is 0 Å². The highest BCUT2D eigenvalue weighted by Gasteiger charge is 2.31. The molecule has 1 aliphatic rings. The summed E-state index contributed by atoms with van der Waals surface area (Å²) in [6.45, 7) is 5.21. The lowest BCUT2D eigenvalue weighted by atomic mass is 9.83. The Morgan fingerprint density at radius 1 is 1.33 bits per heavy atom. The van der Waals surface area contributed by atoms with Crippen LogP contribution in [0.2, 0.25) is 0 Å². The van der Waals surface area contributed by atoms with Crippen molar-refractivity contribution in [3.8, 4) is 0 Å². The molecule has 5 nitrogen and oxygen atoms in total. The van der Waals surface area contributed by atoms with E-state index in [1.54, 1.807) is 0 Å². The topological polar surface area (TPSA) is 54.2 Å². The second-order valence-corrected chi connectivity index (χ2v) is 6.04. The summed E-state index contributed by atoms with van der Waals surface area (Å²) in [5.41, 5.74) is 0.493. The smallest absolute Gasteiger partial charge is 0.190 e. The van der Waals surface area contributed by atoms with E-state index in [1.807, 2.05) is 30.2 Å². The Morgan fingerprint density at radius 2 is 2.14 bits per heavy atom. The lowest BCUT2D eigenvalue weighted by Gasteiger charge is -2.28. The average molecular weight is 291 g/mol. The monoisotopic (exact) mass is 291 g/mol. The first-order valence-corrected chi connectivity index (χ1v) is 8.20. The van der Waals surface area contributed by atoms with Crippen LogP contribution in [0.1, 0.15) is 45.4 Å². The van der Waals surface area contributed by atoms with E-state index < -0.39 is 0 Å². The maximum Gasteiger partial charge on any atom is 0.190 e. The maximum absolute atomic E-state index is 4.32. The van der Waals surface area contributed by atoms with Crippen LogP contribution in [0.4, 0.5) is 0 Å². The SMILES string of the molecule is CCC1(CNC(=NC)NCCCn2cccn2)CCCC1. The van der Waals surface area contributed by atoms with Crippen molar-refractivity contribution in [2.24, 2.45) is 10.4 Å². The van der Waals surface area contributed by atoms with E-state index in [4.69, 9.17) is 0 Å². The summed E-state index contributed by atoms with van der Waals surface area (Å²) < 4.78 is 1.96. The molecule has 0 aliphatic heterocycles. The van der Waals surface area contributed by atoms with Crippen LogP contribution in [-0.2, 0) is 6.54 Å². The highest BCUT2D eigenvalue weighted by molar-refractivity contribution is 5.79. The van der Waals surface area contributed by atoms with E-state index in [1.165, 1.54) is 32.1 Å². The number of aromatic nitrogens is 2. The normalized spacial score (nSPS) is 17.9. The minimum atomic E-state index is 0.493. The molecule has 0 bridgehead atoms. The molecular weight excluding hydrogens is 262 g/mol. The third-order valence-electron chi connectivity index (χ3n) is 4.68. The van der Waals surface area contributed by atoms with Crippen LogP contribution in [0.3, 0.4) is 0 Å². The highest BCUT2D eigenvalue weighted by atomic mass is 15.3. The molecule has 5 heteroatoms. The van der Waals surface area contributed by atoms with Crippen molar-refractivity contribution >= 4 is 5.96 Å². The quantitative estimate of drug-likeness (QED) is 0.461. The molecule has 0 spiro atoms. The lowest BCUT2D eigenvalue weighted by Crippen LogP contribution is -2.43. The van der Waals surface area contributed by atoms with Crippen molar-refractivity contribution in [3.05, 3.63) is 18.5 Å². The molecule has 0 atom stereocenters. The number of rotatable bonds is 7. The molecule has 0 radical (unpaired) electrons. The zero-order chi connectivity index (χ0) is 15.0. The minimum absolute atomic E-state index is 0.493. The van der Waals surface area contributed by atoms with Crippen molar-refractivity contribution in [2.75, 3.05) is 20.1 Å². The Labute approximate surface area is 128 Å². The van der Waals surface area contributed by atoms with Gasteiger partial charge in [-0.1, -0.05) is 19.8 Å². The Balaban J connectivity index is 1.66. The van der Waals surface area contributed by atoms with E-state index >= 15 is 0 Å². The number of nitrogens with zero attached hydrogens (tertiary/aromatic N) is 3. The van der Waals surface area contributed by atoms with Gasteiger partial charge in [0.25, 0.3) is 0 Å². The molecule has 21 heavy (non-hydrogen) atoms. The van der Waals surface area contributed by atoms with Gasteiger partial charge in [0.15, 0.2) is 5.96 Å². The van der Waals surface area contributed by atoms with Crippen molar-refractivity contribution < 1.29 is 0 Å². The molecule has 118 valence electrons. The van der Waals surface area contributed by atoms with Crippen LogP contribution < -0.4 is 10.6 Å². The molecule has 2 rings (SSSR count). The van der Waals surface area contributed by atoms with Crippen LogP contribution >= 0.6 is 0 Å². The summed E-state index contributed by atoms with van der Waals surface area (Å²) in [4.78, 5) is 4.32. The van der Waals surface area contributed by atoms with Gasteiger partial charge >= 0.3 is 0 Å². The summed E-state index contributed by atoms with van der Waals surface area (Å²) >= 11 is 0. The number of aliphatic imine (C=N–C) groups is 1. The highest BCUT2D eigenvalue weighted by Crippen LogP contribution is 2.40. The molecule has 2 N–H and O–H groups in total. The summed E-state index contributed by atoms with van der Waals surface area (Å²) in [6.07, 6.45) is 11.6. The number of hydrogen-bond acceptors (Lipinski definition) is 2. The largest absolute Gasteiger partial charge is 0.356 e. The van der Waals surface area contributed by atoms with Gasteiger partial charge in [0, 0.05) is 39.1 Å². The first-order chi connectivity index (χ1) is 10.3. The van der Waals surface area contributed by atoms with Crippen molar-refractivity contribution in [2.45, 2.75) is 52.0 Å². The molecule has 1 fully saturated rings. The molecule has 0 aromatic carbocycles. The first-order valence-electron chi connectivity index (χ1n) is 8.20. The average Bonchev–Trinajstić information content (AvgIpc) is 3.18. The number of hydrogen-bond donors (Lipinski definition) is 2. The van der Waals surface area contributed by atoms with E-state index in [2.05, 4.69) is 27.6 Å². The van der Waals surface area contributed by atoms with Gasteiger partial charge in [-0.25, -0.2) is 0 Å². The Morgan fingerprint density at radius 3 is 2.76 bits per heavy atom. The van der Waals surface area contributed by atoms with E-state index in [0.717, 1.165) is 32.0 Å². The summed E-state index contributed by atoms with van der Waals surface area (Å²) in [7, 11) is 1.84. The number of aryl methyl sites for hydroxylation is 1. The predicted molar refractivity (Wildman–Crippen MR) is 87.4 cm³/mol. The van der Waals surface area contributed by atoms with Gasteiger partial charge in [-0.2, -0.15) is 5.10 Å². The Bertz CT molecular complexity index is 418. The molecule has 1 heterocycles. The number of nitrogens with one attached hydrogen (secondary N) is 2. The second kappa shape index (κ2) is 8.05. The summed E-state index contributed by atoms with van der Waals surface area (Å²) in [6, 6.07) is 1.96. The van der Waals surface area contributed by atoms with E-state index in [9.17, 15) is 0 Å². The zero-order valence-electron chi connectivity index (χ0n) is 13.4. The minimum Gasteiger partial charge on any atom is -0.356 e. The molecule has 1 saturated carbocycles. The number of guanidine groups is 1. The van der Waals surface area contributed by atoms with Crippen LogP contribution in [0, 0.1) is 5.41 Å². The van der Waals surface area contributed by atoms with Crippen LogP contribution in [0.5, 0.6) is 0 Å². The van der Waals surface area contributed by atoms with Crippen molar-refractivity contribution in [3.63, 3.8) is 0 Å². The third-order valence-corrected chi connectivity index (χ3v) is 4.68. The molecule has 1 aromatic rings. The maximum atomic E-state index is 4.32. The fourth-order valence-electron chi connectivity index (χ4n) is 3.15. The standard InChI is InChI=1S/C16H29N5/c1-3-16(8-4-5-9-16)14-19-15(17-2)18-10-6-12-21-13-7-11-20-21/h7,11,13H,3-6,8-10,12,14H2,1-2H3,(H2,17,18,19). The zero-order valence-corrected chi connectivity index (χ0v) is 13.4. The summed E-state index contributed by atoms with van der Waals surface area (Å²) in [5.74, 6) is 0.926. The fraction of sp³-hybridized carbons (Fsp3) is 0.750. The first kappa shape index (κ1) is 15.9. The van der Waals surface area contributed by atoms with Gasteiger partial charge < -0.3 is 10.6 Å². The Kier molecular flexibility index (Phi) is 6.08. The molecule has 0 unspecified atom stereocenters. The lowest BCUT2D eigenvalue weighted by molar-refractivity contribution is 0.283. The molecular formula is C16H29N5. The van der Waals surface area contributed by atoms with Crippen molar-refractivity contribution in [1.29, 1.82) is 0 Å². The molecule has 1 aliphatic carbocycles. The van der Waals surface area contributed by atoms with E-state index in [0.29, 0.717) is 5.41 Å². The van der Waals surface area contributed by atoms with Crippen LogP contribution in [0.15, 0.2) is 23.5 Å². The fourth-order valence-corrected chi connectivity index (χ4v) is 3.15. The van der Waals surface area contributed by atoms with Crippen LogP contribution in [-0.4, -0.2) is 35.9 Å². The summed E-state index contributed by atoms with van der Waals surface area (Å²) in [5, 5.41) is 11.1. The van der Waals surface area contributed by atoms with Crippen molar-refractivity contribution in [1.82, 2.24) is 20.4 Å². The van der Waals surface area contributed by atoms with Gasteiger partial charge in [-0.3, -0.25) is 9.67 Å². The predicted octanol–water partition coefficient (Wildman–Crippen LogP) is 2.41. The van der Waals surface area contributed by atoms with Gasteiger partial charge in [0.2, 0.25) is 0 Å². The van der Waals surface area contributed by atoms with E-state index in [-0.39, 0.29) is 0 Å². The molecule has 0 amide bonds. The third kappa shape index (κ3) is 4.76. The molecule has 1 aromatic heterocycles. The van der Waals surface area contributed by atoms with Gasteiger partial charge in [-0.05, 0) is 37.2 Å². The second-order valence-electron chi connectivity index (χ2n) is 6.04. The Hall–Kier alpha value is -1.52. The molecule has 0 saturated heterocycles. The van der Waals surface area contributed by atoms with Gasteiger partial charge in [0.1, 0.15) is 0 Å². The van der Waals surface area contributed by atoms with Gasteiger partial charge in [-0.15, -0.1) is 0 Å². The van der Waals surface area contributed by atoms with Gasteiger partial charge in [0.05, 0.1) is 0 Å².